The maximum atomic E-state index is 5.80. The van der Waals surface area contributed by atoms with Gasteiger partial charge >= 0.3 is 0 Å². The summed E-state index contributed by atoms with van der Waals surface area (Å²) in [5.41, 5.74) is 0. The van der Waals surface area contributed by atoms with E-state index in [9.17, 15) is 0 Å². The molecule has 1 fully saturated rings. The predicted molar refractivity (Wildman–Crippen MR) is 60.4 cm³/mol. The van der Waals surface area contributed by atoms with E-state index >= 15 is 0 Å². The van der Waals surface area contributed by atoms with Crippen molar-refractivity contribution in [2.75, 3.05) is 0 Å². The van der Waals surface area contributed by atoms with Crippen molar-refractivity contribution in [1.29, 1.82) is 0 Å². The van der Waals surface area contributed by atoms with Crippen LogP contribution in [0.2, 0.25) is 0 Å². The number of nitrogens with zero attached hydrogens (tertiary/aromatic N) is 1. The summed E-state index contributed by atoms with van der Waals surface area (Å²) in [6, 6.07) is 1.85. The molecular weight excluding hydrogens is 258 g/mol. The SMILES string of the molecule is CC1CCCC(OCc2cc(Br)no2)C1. The van der Waals surface area contributed by atoms with Crippen molar-refractivity contribution in [3.63, 3.8) is 0 Å². The predicted octanol–water partition coefficient (Wildman–Crippen LogP) is 3.53. The monoisotopic (exact) mass is 273 g/mol. The molecule has 2 atom stereocenters. The van der Waals surface area contributed by atoms with Crippen LogP contribution < -0.4 is 0 Å². The van der Waals surface area contributed by atoms with Crippen LogP contribution in [0.15, 0.2) is 15.2 Å². The van der Waals surface area contributed by atoms with E-state index in [0.29, 0.717) is 12.7 Å². The Hall–Kier alpha value is -0.350. The van der Waals surface area contributed by atoms with Gasteiger partial charge in [-0.1, -0.05) is 24.9 Å². The number of hydrogen-bond donors (Lipinski definition) is 0. The van der Waals surface area contributed by atoms with Crippen LogP contribution in [0, 0.1) is 5.92 Å². The Morgan fingerprint density at radius 1 is 1.60 bits per heavy atom. The summed E-state index contributed by atoms with van der Waals surface area (Å²) in [6.07, 6.45) is 5.38. The standard InChI is InChI=1S/C11H16BrNO2/c1-8-3-2-4-9(5-8)14-7-10-6-11(12)13-15-10/h6,8-9H,2-5,7H2,1H3. The second-order valence-corrected chi connectivity index (χ2v) is 5.13. The molecule has 0 amide bonds. The van der Waals surface area contributed by atoms with Gasteiger partial charge in [0.25, 0.3) is 0 Å². The van der Waals surface area contributed by atoms with E-state index in [4.69, 9.17) is 9.26 Å². The second-order valence-electron chi connectivity index (χ2n) is 4.32. The molecule has 0 N–H and O–H groups in total. The highest BCUT2D eigenvalue weighted by Gasteiger charge is 2.19. The summed E-state index contributed by atoms with van der Waals surface area (Å²) < 4.78 is 11.6. The number of rotatable bonds is 3. The molecule has 15 heavy (non-hydrogen) atoms. The summed E-state index contributed by atoms with van der Waals surface area (Å²) in [5.74, 6) is 1.59. The molecular formula is C11H16BrNO2. The van der Waals surface area contributed by atoms with Crippen LogP contribution in [0.4, 0.5) is 0 Å². The van der Waals surface area contributed by atoms with Crippen LogP contribution in [0.3, 0.4) is 0 Å². The number of ether oxygens (including phenoxy) is 1. The van der Waals surface area contributed by atoms with Gasteiger partial charge in [0.05, 0.1) is 6.10 Å². The third-order valence-corrected chi connectivity index (χ3v) is 3.25. The molecule has 0 aromatic carbocycles. The normalized spacial score (nSPS) is 26.8. The van der Waals surface area contributed by atoms with E-state index in [1.165, 1.54) is 25.7 Å². The first-order valence-corrected chi connectivity index (χ1v) is 6.26. The van der Waals surface area contributed by atoms with E-state index in [-0.39, 0.29) is 0 Å². The topological polar surface area (TPSA) is 35.3 Å². The van der Waals surface area contributed by atoms with Crippen LogP contribution in [0.1, 0.15) is 38.4 Å². The number of hydrogen-bond acceptors (Lipinski definition) is 3. The Labute approximate surface area is 98.3 Å². The summed E-state index contributed by atoms with van der Waals surface area (Å²) in [4.78, 5) is 0. The maximum Gasteiger partial charge on any atom is 0.163 e. The molecule has 0 aliphatic heterocycles. The van der Waals surface area contributed by atoms with Crippen molar-refractivity contribution in [2.45, 2.75) is 45.3 Å². The summed E-state index contributed by atoms with van der Waals surface area (Å²) in [7, 11) is 0. The lowest BCUT2D eigenvalue weighted by Gasteiger charge is -2.26. The van der Waals surface area contributed by atoms with Crippen LogP contribution in [-0.2, 0) is 11.3 Å². The molecule has 1 saturated carbocycles. The van der Waals surface area contributed by atoms with Gasteiger partial charge < -0.3 is 9.26 Å². The van der Waals surface area contributed by atoms with Gasteiger partial charge in [-0.25, -0.2) is 0 Å². The Kier molecular flexibility index (Phi) is 3.81. The zero-order valence-electron chi connectivity index (χ0n) is 8.91. The molecule has 0 radical (unpaired) electrons. The Morgan fingerprint density at radius 3 is 3.13 bits per heavy atom. The fraction of sp³-hybridized carbons (Fsp3) is 0.727. The molecule has 84 valence electrons. The van der Waals surface area contributed by atoms with E-state index < -0.39 is 0 Å². The molecule has 0 saturated heterocycles. The lowest BCUT2D eigenvalue weighted by Crippen LogP contribution is -2.21. The van der Waals surface area contributed by atoms with E-state index in [2.05, 4.69) is 28.0 Å². The Balaban J connectivity index is 1.77. The minimum Gasteiger partial charge on any atom is -0.370 e. The molecule has 1 aromatic heterocycles. The third-order valence-electron chi connectivity index (χ3n) is 2.88. The van der Waals surface area contributed by atoms with Gasteiger partial charge in [0.1, 0.15) is 11.2 Å². The molecule has 0 spiro atoms. The van der Waals surface area contributed by atoms with E-state index in [0.717, 1.165) is 16.3 Å². The molecule has 1 heterocycles. The molecule has 1 aromatic rings. The zero-order chi connectivity index (χ0) is 10.7. The zero-order valence-corrected chi connectivity index (χ0v) is 10.5. The van der Waals surface area contributed by atoms with Crippen molar-refractivity contribution >= 4 is 15.9 Å². The first kappa shape index (κ1) is 11.1. The first-order chi connectivity index (χ1) is 7.24. The molecule has 2 rings (SSSR count). The smallest absolute Gasteiger partial charge is 0.163 e. The van der Waals surface area contributed by atoms with Crippen LogP contribution in [0.25, 0.3) is 0 Å². The van der Waals surface area contributed by atoms with Gasteiger partial charge in [0.15, 0.2) is 5.76 Å². The summed E-state index contributed by atoms with van der Waals surface area (Å²) in [5, 5.41) is 3.76. The third kappa shape index (κ3) is 3.31. The first-order valence-electron chi connectivity index (χ1n) is 5.46. The average Bonchev–Trinajstić information content (AvgIpc) is 2.62. The largest absolute Gasteiger partial charge is 0.370 e. The maximum absolute atomic E-state index is 5.80. The lowest BCUT2D eigenvalue weighted by atomic mass is 9.89. The molecule has 1 aliphatic carbocycles. The molecule has 0 bridgehead atoms. The van der Waals surface area contributed by atoms with E-state index in [1.807, 2.05) is 6.07 Å². The fourth-order valence-electron chi connectivity index (χ4n) is 2.09. The Morgan fingerprint density at radius 2 is 2.47 bits per heavy atom. The fourth-order valence-corrected chi connectivity index (χ4v) is 2.41. The Bertz CT molecular complexity index is 313. The quantitative estimate of drug-likeness (QED) is 0.845. The summed E-state index contributed by atoms with van der Waals surface area (Å²) >= 11 is 3.25. The van der Waals surface area contributed by atoms with E-state index in [1.54, 1.807) is 0 Å². The van der Waals surface area contributed by atoms with Crippen LogP contribution in [0.5, 0.6) is 0 Å². The van der Waals surface area contributed by atoms with Gasteiger partial charge in [-0.3, -0.25) is 0 Å². The van der Waals surface area contributed by atoms with Gasteiger partial charge in [0, 0.05) is 6.07 Å². The second kappa shape index (κ2) is 5.12. The van der Waals surface area contributed by atoms with Crippen molar-refractivity contribution in [2.24, 2.45) is 5.92 Å². The molecule has 2 unspecified atom stereocenters. The van der Waals surface area contributed by atoms with Gasteiger partial charge in [0.2, 0.25) is 0 Å². The summed E-state index contributed by atoms with van der Waals surface area (Å²) in [6.45, 7) is 2.83. The van der Waals surface area contributed by atoms with Crippen LogP contribution >= 0.6 is 15.9 Å². The lowest BCUT2D eigenvalue weighted by molar-refractivity contribution is -0.00448. The molecule has 4 heteroatoms. The van der Waals surface area contributed by atoms with Gasteiger partial charge in [-0.05, 0) is 34.7 Å². The van der Waals surface area contributed by atoms with Gasteiger partial charge in [-0.15, -0.1) is 0 Å². The van der Waals surface area contributed by atoms with Crippen molar-refractivity contribution in [1.82, 2.24) is 5.16 Å². The van der Waals surface area contributed by atoms with Crippen molar-refractivity contribution in [3.05, 3.63) is 16.4 Å². The molecule has 3 nitrogen and oxygen atoms in total. The highest BCUT2D eigenvalue weighted by molar-refractivity contribution is 9.10. The average molecular weight is 274 g/mol. The minimum absolute atomic E-state index is 0.401. The van der Waals surface area contributed by atoms with Gasteiger partial charge in [-0.2, -0.15) is 0 Å². The van der Waals surface area contributed by atoms with Crippen molar-refractivity contribution < 1.29 is 9.26 Å². The van der Waals surface area contributed by atoms with Crippen molar-refractivity contribution in [3.8, 4) is 0 Å². The minimum atomic E-state index is 0.401. The number of halogens is 1. The number of aromatic nitrogens is 1. The van der Waals surface area contributed by atoms with Crippen LogP contribution in [-0.4, -0.2) is 11.3 Å². The highest BCUT2D eigenvalue weighted by atomic mass is 79.9. The highest BCUT2D eigenvalue weighted by Crippen LogP contribution is 2.26. The molecule has 1 aliphatic rings.